The van der Waals surface area contributed by atoms with E-state index in [0.717, 1.165) is 70.4 Å². The number of hydrogen-bond donors (Lipinski definition) is 2. The molecule has 9 nitrogen and oxygen atoms in total. The summed E-state index contributed by atoms with van der Waals surface area (Å²) in [6.07, 6.45) is 1.86. The number of nitrogens with zero attached hydrogens (tertiary/aromatic N) is 5. The monoisotopic (exact) mass is 592 g/mol. The van der Waals surface area contributed by atoms with E-state index >= 15 is 0 Å². The van der Waals surface area contributed by atoms with Crippen molar-refractivity contribution in [3.8, 4) is 11.3 Å². The van der Waals surface area contributed by atoms with E-state index in [1.165, 1.54) is 0 Å². The second-order valence-corrected chi connectivity index (χ2v) is 11.6. The predicted molar refractivity (Wildman–Crippen MR) is 153 cm³/mol. The highest BCUT2D eigenvalue weighted by Gasteiger charge is 2.29. The Morgan fingerprint density at radius 2 is 1.85 bits per heavy atom. The average Bonchev–Trinajstić information content (AvgIpc) is 3.46. The number of fused-ring (bicyclic) bond motifs is 2. The van der Waals surface area contributed by atoms with E-state index in [9.17, 15) is 14.7 Å². The lowest BCUT2D eigenvalue weighted by Gasteiger charge is -2.33. The van der Waals surface area contributed by atoms with Crippen LogP contribution >= 0.6 is 15.9 Å². The van der Waals surface area contributed by atoms with Crippen LogP contribution < -0.4 is 5.69 Å². The highest BCUT2D eigenvalue weighted by atomic mass is 79.9. The molecule has 0 aliphatic carbocycles. The maximum absolute atomic E-state index is 12.6. The molecule has 0 unspecified atom stereocenters. The number of carbonyl (C=O) groups is 1. The van der Waals surface area contributed by atoms with Crippen molar-refractivity contribution in [1.29, 1.82) is 0 Å². The van der Waals surface area contributed by atoms with Crippen LogP contribution in [0.1, 0.15) is 37.1 Å². The van der Waals surface area contributed by atoms with Gasteiger partial charge in [0.1, 0.15) is 0 Å². The van der Waals surface area contributed by atoms with Crippen molar-refractivity contribution in [3.63, 3.8) is 0 Å². The van der Waals surface area contributed by atoms with Crippen LogP contribution in [0.15, 0.2) is 57.8 Å². The fraction of sp³-hybridized carbons (Fsp3) is 0.414. The Labute approximate surface area is 235 Å². The Morgan fingerprint density at radius 3 is 2.59 bits per heavy atom. The van der Waals surface area contributed by atoms with Gasteiger partial charge in [0.25, 0.3) is 0 Å². The molecule has 1 saturated heterocycles. The number of benzene rings is 2. The fourth-order valence-electron chi connectivity index (χ4n) is 6.10. The number of imidazole rings is 1. The molecule has 4 aromatic rings. The van der Waals surface area contributed by atoms with E-state index in [-0.39, 0.29) is 17.6 Å². The first-order valence-electron chi connectivity index (χ1n) is 13.6. The summed E-state index contributed by atoms with van der Waals surface area (Å²) in [5, 5.41) is 16.1. The lowest BCUT2D eigenvalue weighted by molar-refractivity contribution is -0.129. The zero-order valence-electron chi connectivity index (χ0n) is 22.0. The summed E-state index contributed by atoms with van der Waals surface area (Å²) in [5.41, 5.74) is 5.82. The largest absolute Gasteiger partial charge is 0.390 e. The number of aliphatic hydroxyl groups excluding tert-OH is 1. The highest BCUT2D eigenvalue weighted by molar-refractivity contribution is 9.10. The summed E-state index contributed by atoms with van der Waals surface area (Å²) in [6.45, 7) is 5.40. The minimum Gasteiger partial charge on any atom is -0.390 e. The topological polar surface area (TPSA) is 99.4 Å². The number of nitrogens with one attached hydrogen (secondary N) is 1. The molecule has 6 rings (SSSR count). The molecule has 1 amide bonds. The number of aromatic nitrogens is 4. The van der Waals surface area contributed by atoms with Gasteiger partial charge in [0.05, 0.1) is 29.4 Å². The Balaban J connectivity index is 1.15. The average molecular weight is 594 g/mol. The number of aliphatic hydroxyl groups is 1. The number of carbonyl (C=O) groups excluding carboxylic acids is 1. The maximum Gasteiger partial charge on any atom is 0.326 e. The summed E-state index contributed by atoms with van der Waals surface area (Å²) in [5.74, 6) is 0.0634. The number of rotatable bonds is 6. The van der Waals surface area contributed by atoms with Crippen molar-refractivity contribution in [2.45, 2.75) is 51.4 Å². The maximum atomic E-state index is 12.6. The number of amides is 1. The number of H-pyrrole nitrogens is 1. The van der Waals surface area contributed by atoms with Gasteiger partial charge in [0.15, 0.2) is 0 Å². The van der Waals surface area contributed by atoms with Crippen LogP contribution in [0.2, 0.25) is 0 Å². The summed E-state index contributed by atoms with van der Waals surface area (Å²) >= 11 is 3.50. The molecular weight excluding hydrogens is 560 g/mol. The van der Waals surface area contributed by atoms with E-state index in [0.29, 0.717) is 26.2 Å². The SMILES string of the molecule is CC(=O)N1CCc2c(c(-c3ccc(Br)cc3)nn2C[C@H](O)CN2CCC(n3c(=O)[nH]c4ccccc43)CC2)C1. The standard InChI is InChI=1S/C29H33BrN6O3/c1-19(37)34-15-12-26-24(18-34)28(20-6-8-21(30)9-7-20)32-35(26)17-23(38)16-33-13-10-22(11-14-33)36-27-5-3-2-4-25(27)31-29(36)39/h2-9,22-23,38H,10-18H2,1H3,(H,31,39)/t23-/m1/s1. The van der Waals surface area contributed by atoms with Gasteiger partial charge in [-0.15, -0.1) is 0 Å². The summed E-state index contributed by atoms with van der Waals surface area (Å²) < 4.78 is 4.85. The summed E-state index contributed by atoms with van der Waals surface area (Å²) in [4.78, 5) is 31.8. The number of β-amino-alcohol motifs (C(OH)–C–C–N with tert-alkyl or cyclic N) is 1. The molecule has 0 radical (unpaired) electrons. The first-order valence-corrected chi connectivity index (χ1v) is 14.4. The zero-order chi connectivity index (χ0) is 27.1. The number of para-hydroxylation sites is 2. The molecule has 2 N–H and O–H groups in total. The smallest absolute Gasteiger partial charge is 0.326 e. The normalized spacial score (nSPS) is 17.5. The van der Waals surface area contributed by atoms with Crippen molar-refractivity contribution in [1.82, 2.24) is 29.1 Å². The summed E-state index contributed by atoms with van der Waals surface area (Å²) in [6, 6.07) is 16.0. The van der Waals surface area contributed by atoms with Gasteiger partial charge in [-0.05, 0) is 37.1 Å². The Bertz CT molecular complexity index is 1550. The lowest BCUT2D eigenvalue weighted by Crippen LogP contribution is -2.42. The second-order valence-electron chi connectivity index (χ2n) is 10.7. The van der Waals surface area contributed by atoms with Crippen LogP contribution in [-0.4, -0.2) is 72.4 Å². The molecule has 0 spiro atoms. The third kappa shape index (κ3) is 5.20. The predicted octanol–water partition coefficient (Wildman–Crippen LogP) is 3.56. The van der Waals surface area contributed by atoms with E-state index in [1.807, 2.05) is 62.7 Å². The van der Waals surface area contributed by atoms with Gasteiger partial charge >= 0.3 is 5.69 Å². The van der Waals surface area contributed by atoms with Crippen LogP contribution in [0.4, 0.5) is 0 Å². The minimum absolute atomic E-state index is 0.0527. The van der Waals surface area contributed by atoms with Gasteiger partial charge in [-0.3, -0.25) is 14.0 Å². The molecule has 2 aliphatic heterocycles. The summed E-state index contributed by atoms with van der Waals surface area (Å²) in [7, 11) is 0. The third-order valence-corrected chi connectivity index (χ3v) is 8.62. The molecule has 1 fully saturated rings. The van der Waals surface area contributed by atoms with E-state index < -0.39 is 6.10 Å². The number of halogens is 1. The molecule has 0 saturated carbocycles. The van der Waals surface area contributed by atoms with Gasteiger partial charge in [0.2, 0.25) is 5.91 Å². The van der Waals surface area contributed by atoms with Crippen molar-refractivity contribution in [3.05, 3.63) is 74.7 Å². The van der Waals surface area contributed by atoms with Crippen LogP contribution in [0, 0.1) is 0 Å². The number of likely N-dealkylation sites (tertiary alicyclic amines) is 1. The Kier molecular flexibility index (Phi) is 7.18. The number of aromatic amines is 1. The molecule has 4 heterocycles. The molecule has 0 bridgehead atoms. The quantitative estimate of drug-likeness (QED) is 0.357. The molecule has 2 aliphatic rings. The van der Waals surface area contributed by atoms with Crippen molar-refractivity contribution in [2.24, 2.45) is 0 Å². The van der Waals surface area contributed by atoms with E-state index in [4.69, 9.17) is 5.10 Å². The van der Waals surface area contributed by atoms with Gasteiger partial charge in [0, 0.05) is 73.4 Å². The van der Waals surface area contributed by atoms with Crippen molar-refractivity contribution in [2.75, 3.05) is 26.2 Å². The molecule has 2 aromatic heterocycles. The molecule has 39 heavy (non-hydrogen) atoms. The molecule has 10 heteroatoms. The zero-order valence-corrected chi connectivity index (χ0v) is 23.6. The fourth-order valence-corrected chi connectivity index (χ4v) is 6.37. The third-order valence-electron chi connectivity index (χ3n) is 8.10. The number of hydrogen-bond acceptors (Lipinski definition) is 5. The number of piperidine rings is 1. The van der Waals surface area contributed by atoms with Gasteiger partial charge in [-0.25, -0.2) is 4.79 Å². The molecule has 2 aromatic carbocycles. The van der Waals surface area contributed by atoms with Crippen LogP contribution in [0.3, 0.4) is 0 Å². The Hall–Kier alpha value is -3.21. The van der Waals surface area contributed by atoms with Gasteiger partial charge in [-0.2, -0.15) is 5.10 Å². The van der Waals surface area contributed by atoms with Gasteiger partial charge in [-0.1, -0.05) is 40.2 Å². The van der Waals surface area contributed by atoms with Crippen molar-refractivity contribution >= 4 is 32.9 Å². The van der Waals surface area contributed by atoms with E-state index in [2.05, 4.69) is 25.8 Å². The molecule has 204 valence electrons. The highest BCUT2D eigenvalue weighted by Crippen LogP contribution is 2.31. The molecule has 1 atom stereocenters. The van der Waals surface area contributed by atoms with E-state index in [1.54, 1.807) is 6.92 Å². The second kappa shape index (κ2) is 10.7. The minimum atomic E-state index is -0.579. The van der Waals surface area contributed by atoms with Crippen LogP contribution in [0.5, 0.6) is 0 Å². The van der Waals surface area contributed by atoms with Gasteiger partial charge < -0.3 is 19.9 Å². The van der Waals surface area contributed by atoms with Crippen molar-refractivity contribution < 1.29 is 9.90 Å². The first kappa shape index (κ1) is 26.0. The molecular formula is C29H33BrN6O3. The Morgan fingerprint density at radius 1 is 1.10 bits per heavy atom. The first-order chi connectivity index (χ1) is 18.9. The lowest BCUT2D eigenvalue weighted by atomic mass is 10.0. The van der Waals surface area contributed by atoms with Crippen LogP contribution in [0.25, 0.3) is 22.3 Å². The van der Waals surface area contributed by atoms with Crippen LogP contribution in [-0.2, 0) is 24.3 Å².